The average Bonchev–Trinajstić information content (AvgIpc) is 2.59. The van der Waals surface area contributed by atoms with Gasteiger partial charge in [0.2, 0.25) is 0 Å². The first-order chi connectivity index (χ1) is 7.41. The predicted molar refractivity (Wildman–Crippen MR) is 72.7 cm³/mol. The molecular weight excluding hydrogens is 238 g/mol. The molecule has 0 aliphatic carbocycles. The van der Waals surface area contributed by atoms with Crippen LogP contribution in [0.1, 0.15) is 38.3 Å². The van der Waals surface area contributed by atoms with Gasteiger partial charge in [0.15, 0.2) is 0 Å². The van der Waals surface area contributed by atoms with E-state index in [1.807, 2.05) is 6.07 Å². The van der Waals surface area contributed by atoms with Crippen molar-refractivity contribution in [3.63, 3.8) is 0 Å². The molecule has 0 bridgehead atoms. The highest BCUT2D eigenvalue weighted by Gasteiger charge is 2.17. The third-order valence-corrected chi connectivity index (χ3v) is 4.10. The van der Waals surface area contributed by atoms with Crippen LogP contribution in [-0.2, 0) is 11.8 Å². The fourth-order valence-corrected chi connectivity index (χ4v) is 2.91. The predicted octanol–water partition coefficient (Wildman–Crippen LogP) is 4.81. The van der Waals surface area contributed by atoms with Gasteiger partial charge in [-0.1, -0.05) is 39.3 Å². The molecule has 0 saturated carbocycles. The Hall–Kier alpha value is -0.600. The summed E-state index contributed by atoms with van der Waals surface area (Å²) in [7, 11) is 0. The van der Waals surface area contributed by atoms with Crippen molar-refractivity contribution >= 4 is 33.2 Å². The molecule has 0 fully saturated rings. The molecule has 2 aromatic rings. The number of benzene rings is 1. The zero-order valence-electron chi connectivity index (χ0n) is 10.1. The van der Waals surface area contributed by atoms with Crippen LogP contribution >= 0.6 is 22.9 Å². The molecule has 0 unspecified atom stereocenters. The molecule has 0 amide bonds. The van der Waals surface area contributed by atoms with Crippen molar-refractivity contribution in [3.8, 4) is 0 Å². The Morgan fingerprint density at radius 2 is 2.00 bits per heavy atom. The lowest BCUT2D eigenvalue weighted by molar-refractivity contribution is 0.591. The highest BCUT2D eigenvalue weighted by Crippen LogP contribution is 2.34. The van der Waals surface area contributed by atoms with Gasteiger partial charge in [0, 0.05) is 0 Å². The van der Waals surface area contributed by atoms with E-state index in [2.05, 4.69) is 38.7 Å². The summed E-state index contributed by atoms with van der Waals surface area (Å²) >= 11 is 8.03. The molecule has 0 saturated heterocycles. The van der Waals surface area contributed by atoms with E-state index in [1.165, 1.54) is 10.3 Å². The van der Waals surface area contributed by atoms with E-state index < -0.39 is 0 Å². The minimum Gasteiger partial charge on any atom is -0.240 e. The third-order valence-electron chi connectivity index (χ3n) is 2.66. The van der Waals surface area contributed by atoms with Crippen LogP contribution in [0.3, 0.4) is 0 Å². The Morgan fingerprint density at radius 3 is 2.56 bits per heavy atom. The van der Waals surface area contributed by atoms with Gasteiger partial charge in [-0.3, -0.25) is 0 Å². The van der Waals surface area contributed by atoms with Crippen molar-refractivity contribution in [2.24, 2.45) is 0 Å². The first-order valence-corrected chi connectivity index (χ1v) is 6.70. The number of halogens is 1. The molecule has 16 heavy (non-hydrogen) atoms. The van der Waals surface area contributed by atoms with Crippen LogP contribution in [0.15, 0.2) is 12.1 Å². The van der Waals surface area contributed by atoms with E-state index in [1.54, 1.807) is 11.3 Å². The van der Waals surface area contributed by atoms with Crippen LogP contribution in [0.25, 0.3) is 10.2 Å². The van der Waals surface area contributed by atoms with Gasteiger partial charge in [-0.2, -0.15) is 0 Å². The summed E-state index contributed by atoms with van der Waals surface area (Å²) in [6.45, 7) is 8.72. The SMILES string of the molecule is CCc1nc2c(Cl)cc(C(C)(C)C)cc2s1. The van der Waals surface area contributed by atoms with Gasteiger partial charge < -0.3 is 0 Å². The minimum atomic E-state index is 0.133. The molecule has 1 aromatic heterocycles. The summed E-state index contributed by atoms with van der Waals surface area (Å²) < 4.78 is 1.20. The molecule has 0 N–H and O–H groups in total. The second-order valence-electron chi connectivity index (χ2n) is 5.02. The highest BCUT2D eigenvalue weighted by molar-refractivity contribution is 7.18. The lowest BCUT2D eigenvalue weighted by Crippen LogP contribution is -2.10. The quantitative estimate of drug-likeness (QED) is 0.711. The Labute approximate surface area is 105 Å². The van der Waals surface area contributed by atoms with Crippen LogP contribution in [0, 0.1) is 0 Å². The smallest absolute Gasteiger partial charge is 0.100 e. The summed E-state index contributed by atoms with van der Waals surface area (Å²) in [6.07, 6.45) is 0.973. The van der Waals surface area contributed by atoms with E-state index in [0.29, 0.717) is 0 Å². The monoisotopic (exact) mass is 253 g/mol. The van der Waals surface area contributed by atoms with E-state index in [0.717, 1.165) is 22.0 Å². The molecule has 0 aliphatic heterocycles. The number of fused-ring (bicyclic) bond motifs is 1. The number of nitrogens with zero attached hydrogens (tertiary/aromatic N) is 1. The topological polar surface area (TPSA) is 12.9 Å². The fourth-order valence-electron chi connectivity index (χ4n) is 1.62. The number of aromatic nitrogens is 1. The van der Waals surface area contributed by atoms with Gasteiger partial charge >= 0.3 is 0 Å². The number of rotatable bonds is 1. The molecule has 0 aliphatic rings. The summed E-state index contributed by atoms with van der Waals surface area (Å²) in [5.74, 6) is 0. The van der Waals surface area contributed by atoms with Crippen LogP contribution in [0.4, 0.5) is 0 Å². The second kappa shape index (κ2) is 4.01. The molecule has 0 radical (unpaired) electrons. The molecule has 1 heterocycles. The number of thiazole rings is 1. The average molecular weight is 254 g/mol. The zero-order chi connectivity index (χ0) is 11.9. The van der Waals surface area contributed by atoms with Gasteiger partial charge in [0.05, 0.1) is 14.7 Å². The minimum absolute atomic E-state index is 0.133. The molecule has 1 aromatic carbocycles. The molecule has 1 nitrogen and oxygen atoms in total. The first-order valence-electron chi connectivity index (χ1n) is 5.51. The van der Waals surface area contributed by atoms with Gasteiger partial charge in [-0.15, -0.1) is 11.3 Å². The second-order valence-corrected chi connectivity index (χ2v) is 6.54. The molecule has 0 atom stereocenters. The first kappa shape index (κ1) is 11.9. The van der Waals surface area contributed by atoms with Gasteiger partial charge in [0.1, 0.15) is 5.52 Å². The molecule has 3 heteroatoms. The van der Waals surface area contributed by atoms with Crippen LogP contribution in [0.5, 0.6) is 0 Å². The molecule has 86 valence electrons. The Morgan fingerprint density at radius 1 is 1.31 bits per heavy atom. The molecule has 0 spiro atoms. The lowest BCUT2D eigenvalue weighted by atomic mass is 9.87. The van der Waals surface area contributed by atoms with Gasteiger partial charge in [0.25, 0.3) is 0 Å². The van der Waals surface area contributed by atoms with Crippen LogP contribution in [-0.4, -0.2) is 4.98 Å². The fraction of sp³-hybridized carbons (Fsp3) is 0.462. The Bertz CT molecular complexity index is 522. The van der Waals surface area contributed by atoms with Crippen molar-refractivity contribution in [2.75, 3.05) is 0 Å². The number of hydrogen-bond acceptors (Lipinski definition) is 2. The summed E-state index contributed by atoms with van der Waals surface area (Å²) in [6, 6.07) is 4.26. The molecule has 2 rings (SSSR count). The highest BCUT2D eigenvalue weighted by atomic mass is 35.5. The summed E-state index contributed by atoms with van der Waals surface area (Å²) in [4.78, 5) is 4.54. The Balaban J connectivity index is 2.67. The van der Waals surface area contributed by atoms with Crippen molar-refractivity contribution in [1.29, 1.82) is 0 Å². The molecular formula is C13H16ClNS. The van der Waals surface area contributed by atoms with Gasteiger partial charge in [-0.25, -0.2) is 4.98 Å². The standard InChI is InChI=1S/C13H16ClNS/c1-5-11-15-12-9(14)6-8(13(2,3)4)7-10(12)16-11/h6-7H,5H2,1-4H3. The van der Waals surface area contributed by atoms with E-state index in [-0.39, 0.29) is 5.41 Å². The Kier molecular flexibility index (Phi) is 2.97. The van der Waals surface area contributed by atoms with Crippen molar-refractivity contribution in [2.45, 2.75) is 39.5 Å². The third kappa shape index (κ3) is 2.09. The number of aryl methyl sites for hydroxylation is 1. The maximum absolute atomic E-state index is 6.28. The normalized spacial score (nSPS) is 12.3. The van der Waals surface area contributed by atoms with Crippen molar-refractivity contribution < 1.29 is 0 Å². The van der Waals surface area contributed by atoms with Gasteiger partial charge in [-0.05, 0) is 29.5 Å². The lowest BCUT2D eigenvalue weighted by Gasteiger charge is -2.19. The van der Waals surface area contributed by atoms with Crippen molar-refractivity contribution in [3.05, 3.63) is 27.7 Å². The summed E-state index contributed by atoms with van der Waals surface area (Å²) in [5, 5.41) is 1.93. The van der Waals surface area contributed by atoms with Crippen LogP contribution in [0.2, 0.25) is 5.02 Å². The number of hydrogen-bond donors (Lipinski definition) is 0. The van der Waals surface area contributed by atoms with Crippen LogP contribution < -0.4 is 0 Å². The summed E-state index contributed by atoms with van der Waals surface area (Å²) in [5.41, 5.74) is 2.36. The van der Waals surface area contributed by atoms with E-state index in [4.69, 9.17) is 11.6 Å². The maximum atomic E-state index is 6.28. The van der Waals surface area contributed by atoms with Crippen molar-refractivity contribution in [1.82, 2.24) is 4.98 Å². The maximum Gasteiger partial charge on any atom is 0.100 e. The van der Waals surface area contributed by atoms with E-state index >= 15 is 0 Å². The largest absolute Gasteiger partial charge is 0.240 e. The van der Waals surface area contributed by atoms with E-state index in [9.17, 15) is 0 Å². The zero-order valence-corrected chi connectivity index (χ0v) is 11.7.